The lowest BCUT2D eigenvalue weighted by atomic mass is 9.89. The molecule has 0 aromatic heterocycles. The number of Topliss-reactive ketones (excluding diaryl/α,β-unsaturated/α-hetero) is 1. The van der Waals surface area contributed by atoms with Crippen LogP contribution in [0.4, 0.5) is 13.2 Å². The Balaban J connectivity index is 1.87. The number of hydrogen-bond donors (Lipinski definition) is 3. The van der Waals surface area contributed by atoms with E-state index in [0.29, 0.717) is 12.8 Å². The van der Waals surface area contributed by atoms with Crippen LogP contribution in [0.5, 0.6) is 5.75 Å². The van der Waals surface area contributed by atoms with Gasteiger partial charge in [0.1, 0.15) is 24.2 Å². The van der Waals surface area contributed by atoms with Crippen molar-refractivity contribution in [3.63, 3.8) is 0 Å². The molecule has 178 valence electrons. The Hall–Kier alpha value is -2.16. The summed E-state index contributed by atoms with van der Waals surface area (Å²) in [5.74, 6) is -0.443. The van der Waals surface area contributed by atoms with Crippen molar-refractivity contribution in [2.45, 2.75) is 63.5 Å². The van der Waals surface area contributed by atoms with Gasteiger partial charge in [-0.2, -0.15) is 13.2 Å². The van der Waals surface area contributed by atoms with E-state index in [9.17, 15) is 33.3 Å². The van der Waals surface area contributed by atoms with Crippen LogP contribution in [0.2, 0.25) is 0 Å². The van der Waals surface area contributed by atoms with Gasteiger partial charge in [0.25, 0.3) is 0 Å². The summed E-state index contributed by atoms with van der Waals surface area (Å²) in [4.78, 5) is 10.9. The predicted molar refractivity (Wildman–Crippen MR) is 114 cm³/mol. The summed E-state index contributed by atoms with van der Waals surface area (Å²) in [6, 6.07) is 4.41. The van der Waals surface area contributed by atoms with Crippen molar-refractivity contribution in [2.75, 3.05) is 6.61 Å². The van der Waals surface area contributed by atoms with Gasteiger partial charge in [-0.1, -0.05) is 30.4 Å². The minimum absolute atomic E-state index is 0.00335. The zero-order valence-corrected chi connectivity index (χ0v) is 18.0. The van der Waals surface area contributed by atoms with Crippen LogP contribution in [0.3, 0.4) is 0 Å². The highest BCUT2D eigenvalue weighted by atomic mass is 19.4. The lowest BCUT2D eigenvalue weighted by molar-refractivity contribution is -0.137. The van der Waals surface area contributed by atoms with Crippen LogP contribution in [0.1, 0.15) is 44.6 Å². The molecule has 0 bridgehead atoms. The number of aliphatic hydroxyl groups excluding tert-OH is 3. The molecule has 0 aliphatic heterocycles. The number of rotatable bonds is 11. The Labute approximate surface area is 186 Å². The molecule has 0 heterocycles. The van der Waals surface area contributed by atoms with Crippen LogP contribution in [0.25, 0.3) is 0 Å². The molecule has 1 aliphatic carbocycles. The van der Waals surface area contributed by atoms with E-state index in [2.05, 4.69) is 0 Å². The van der Waals surface area contributed by atoms with Crippen LogP contribution in [0, 0.1) is 11.8 Å². The Bertz CT molecular complexity index is 790. The Kier molecular flexibility index (Phi) is 9.93. The maximum Gasteiger partial charge on any atom is 0.416 e. The van der Waals surface area contributed by atoms with E-state index in [-0.39, 0.29) is 36.4 Å². The van der Waals surface area contributed by atoms with Crippen LogP contribution in [0.15, 0.2) is 48.6 Å². The first kappa shape index (κ1) is 26.1. The van der Waals surface area contributed by atoms with Crippen LogP contribution in [-0.2, 0) is 11.0 Å². The van der Waals surface area contributed by atoms with Gasteiger partial charge in [0.15, 0.2) is 0 Å². The second-order valence-corrected chi connectivity index (χ2v) is 8.20. The average Bonchev–Trinajstić information content (AvgIpc) is 2.99. The van der Waals surface area contributed by atoms with E-state index >= 15 is 0 Å². The molecule has 1 aliphatic rings. The summed E-state index contributed by atoms with van der Waals surface area (Å²) < 4.78 is 43.6. The van der Waals surface area contributed by atoms with Gasteiger partial charge in [-0.25, -0.2) is 0 Å². The van der Waals surface area contributed by atoms with Gasteiger partial charge in [-0.15, -0.1) is 0 Å². The number of ketones is 1. The third-order valence-corrected chi connectivity index (χ3v) is 5.53. The first-order chi connectivity index (χ1) is 15.1. The summed E-state index contributed by atoms with van der Waals surface area (Å²) in [5, 5.41) is 30.7. The van der Waals surface area contributed by atoms with Gasteiger partial charge in [-0.05, 0) is 50.3 Å². The minimum atomic E-state index is -4.48. The molecular weight excluding hydrogens is 425 g/mol. The highest BCUT2D eigenvalue weighted by molar-refractivity contribution is 5.75. The number of aliphatic hydroxyl groups is 3. The number of alkyl halides is 3. The molecule has 0 spiro atoms. The number of carbonyl (C=O) groups excluding carboxylic acids is 1. The van der Waals surface area contributed by atoms with Gasteiger partial charge in [0.2, 0.25) is 0 Å². The molecule has 1 fully saturated rings. The number of carbonyl (C=O) groups is 1. The average molecular weight is 457 g/mol. The molecule has 5 nitrogen and oxygen atoms in total. The quantitative estimate of drug-likeness (QED) is 0.345. The Morgan fingerprint density at radius 3 is 2.69 bits per heavy atom. The first-order valence-corrected chi connectivity index (χ1v) is 10.7. The molecule has 0 unspecified atom stereocenters. The molecule has 3 N–H and O–H groups in total. The molecule has 1 aromatic carbocycles. The van der Waals surface area contributed by atoms with Crippen molar-refractivity contribution < 1.29 is 38.0 Å². The predicted octanol–water partition coefficient (Wildman–Crippen LogP) is 4.06. The maximum absolute atomic E-state index is 12.8. The molecule has 0 radical (unpaired) electrons. The fourth-order valence-corrected chi connectivity index (χ4v) is 3.80. The van der Waals surface area contributed by atoms with Crippen LogP contribution >= 0.6 is 0 Å². The summed E-state index contributed by atoms with van der Waals surface area (Å²) >= 11 is 0. The van der Waals surface area contributed by atoms with E-state index in [1.807, 2.05) is 12.2 Å². The van der Waals surface area contributed by atoms with Gasteiger partial charge in [-0.3, -0.25) is 0 Å². The van der Waals surface area contributed by atoms with E-state index in [4.69, 9.17) is 4.74 Å². The standard InChI is InChI=1S/C24H31F3O5/c1-16(28)7-4-2-3-5-10-20-21(23(31)14-22(20)30)12-11-18(29)15-32-19-9-6-8-17(13-19)24(25,26)27/h3,5-6,8-9,11-13,18,20-23,29-31H,2,4,7,10,14-15H2,1H3/t18-,20-,21-,22+,23-/m1/s1. The third kappa shape index (κ3) is 8.41. The van der Waals surface area contributed by atoms with Crippen molar-refractivity contribution in [3.05, 3.63) is 54.1 Å². The zero-order valence-electron chi connectivity index (χ0n) is 18.0. The number of hydrogen-bond acceptors (Lipinski definition) is 5. The lowest BCUT2D eigenvalue weighted by Crippen LogP contribution is -2.21. The molecule has 32 heavy (non-hydrogen) atoms. The number of allylic oxidation sites excluding steroid dienone is 2. The summed E-state index contributed by atoms with van der Waals surface area (Å²) in [5.41, 5.74) is -0.833. The number of ether oxygens (including phenoxy) is 1. The monoisotopic (exact) mass is 456 g/mol. The van der Waals surface area contributed by atoms with Crippen molar-refractivity contribution in [3.8, 4) is 5.75 Å². The second-order valence-electron chi connectivity index (χ2n) is 8.20. The fourth-order valence-electron chi connectivity index (χ4n) is 3.80. The van der Waals surface area contributed by atoms with Gasteiger partial charge >= 0.3 is 6.18 Å². The van der Waals surface area contributed by atoms with Crippen molar-refractivity contribution in [2.24, 2.45) is 11.8 Å². The third-order valence-electron chi connectivity index (χ3n) is 5.53. The van der Waals surface area contributed by atoms with Crippen LogP contribution < -0.4 is 4.74 Å². The van der Waals surface area contributed by atoms with Crippen LogP contribution in [-0.4, -0.2) is 46.0 Å². The number of unbranched alkanes of at least 4 members (excludes halogenated alkanes) is 1. The fraction of sp³-hybridized carbons (Fsp3) is 0.542. The molecule has 2 rings (SSSR count). The Morgan fingerprint density at radius 2 is 2.00 bits per heavy atom. The van der Waals surface area contributed by atoms with Gasteiger partial charge < -0.3 is 24.9 Å². The van der Waals surface area contributed by atoms with Crippen molar-refractivity contribution >= 4 is 5.78 Å². The molecule has 0 amide bonds. The van der Waals surface area contributed by atoms with Gasteiger partial charge in [0, 0.05) is 18.8 Å². The molecular formula is C24H31F3O5. The van der Waals surface area contributed by atoms with E-state index in [1.54, 1.807) is 13.0 Å². The van der Waals surface area contributed by atoms with E-state index < -0.39 is 30.1 Å². The van der Waals surface area contributed by atoms with E-state index in [1.165, 1.54) is 18.2 Å². The normalized spacial score (nSPS) is 25.0. The largest absolute Gasteiger partial charge is 0.491 e. The molecule has 1 aromatic rings. The first-order valence-electron chi connectivity index (χ1n) is 10.7. The molecule has 0 saturated heterocycles. The highest BCUT2D eigenvalue weighted by Crippen LogP contribution is 2.36. The van der Waals surface area contributed by atoms with Gasteiger partial charge in [0.05, 0.1) is 17.8 Å². The topological polar surface area (TPSA) is 87.0 Å². The molecule has 8 heteroatoms. The maximum atomic E-state index is 12.8. The summed E-state index contributed by atoms with van der Waals surface area (Å²) in [6.45, 7) is 1.31. The summed E-state index contributed by atoms with van der Waals surface area (Å²) in [7, 11) is 0. The molecule has 5 atom stereocenters. The van der Waals surface area contributed by atoms with Crippen molar-refractivity contribution in [1.82, 2.24) is 0 Å². The minimum Gasteiger partial charge on any atom is -0.491 e. The van der Waals surface area contributed by atoms with Crippen molar-refractivity contribution in [1.29, 1.82) is 0 Å². The number of halogens is 3. The molecule has 1 saturated carbocycles. The Morgan fingerprint density at radius 1 is 1.25 bits per heavy atom. The highest BCUT2D eigenvalue weighted by Gasteiger charge is 2.39. The zero-order chi connectivity index (χ0) is 23.7. The second kappa shape index (κ2) is 12.2. The lowest BCUT2D eigenvalue weighted by Gasteiger charge is -2.19. The van der Waals surface area contributed by atoms with E-state index in [0.717, 1.165) is 25.0 Å². The SMILES string of the molecule is CC(=O)CCCC=CC[C@@H]1[C@@H](C=C[C@@H](O)COc2cccc(C(F)(F)F)c2)[C@H](O)C[C@@H]1O. The summed E-state index contributed by atoms with van der Waals surface area (Å²) in [6.07, 6.45) is 2.79. The number of benzene rings is 1. The smallest absolute Gasteiger partial charge is 0.416 e.